The fraction of sp³-hybridized carbons (Fsp3) is 1.00. The average Bonchev–Trinajstić information content (AvgIpc) is 2.70. The van der Waals surface area contributed by atoms with Crippen molar-refractivity contribution < 1.29 is 0 Å². The molecule has 0 spiro atoms. The third-order valence-corrected chi connectivity index (χ3v) is 5.65. The van der Waals surface area contributed by atoms with E-state index in [1.54, 1.807) is 6.42 Å². The van der Waals surface area contributed by atoms with Crippen molar-refractivity contribution >= 4 is 0 Å². The zero-order valence-electron chi connectivity index (χ0n) is 11.1. The van der Waals surface area contributed by atoms with Crippen LogP contribution in [-0.2, 0) is 0 Å². The first-order valence-corrected chi connectivity index (χ1v) is 7.04. The molecule has 2 aliphatic rings. The highest BCUT2D eigenvalue weighted by atomic mass is 14.6. The van der Waals surface area contributed by atoms with Crippen molar-refractivity contribution in [1.29, 1.82) is 0 Å². The minimum Gasteiger partial charge on any atom is -0.0628 e. The van der Waals surface area contributed by atoms with E-state index in [9.17, 15) is 0 Å². The molecule has 0 aliphatic heterocycles. The van der Waals surface area contributed by atoms with Gasteiger partial charge in [-0.2, -0.15) is 0 Å². The summed E-state index contributed by atoms with van der Waals surface area (Å²) in [7, 11) is 0. The van der Waals surface area contributed by atoms with Gasteiger partial charge in [0, 0.05) is 0 Å². The van der Waals surface area contributed by atoms with Crippen molar-refractivity contribution in [2.45, 2.75) is 66.2 Å². The Kier molecular flexibility index (Phi) is 3.14. The van der Waals surface area contributed by atoms with Gasteiger partial charge in [-0.3, -0.25) is 0 Å². The van der Waals surface area contributed by atoms with Crippen LogP contribution < -0.4 is 0 Å². The van der Waals surface area contributed by atoms with Crippen LogP contribution in [0.3, 0.4) is 0 Å². The number of hydrogen-bond acceptors (Lipinski definition) is 0. The van der Waals surface area contributed by atoms with E-state index in [1.165, 1.54) is 32.1 Å². The predicted molar refractivity (Wildman–Crippen MR) is 66.8 cm³/mol. The Labute approximate surface area is 95.8 Å². The molecule has 2 fully saturated rings. The summed E-state index contributed by atoms with van der Waals surface area (Å²) in [6, 6.07) is 0. The van der Waals surface area contributed by atoms with Gasteiger partial charge >= 0.3 is 0 Å². The fourth-order valence-electron chi connectivity index (χ4n) is 4.30. The average molecular weight is 208 g/mol. The van der Waals surface area contributed by atoms with Crippen LogP contribution in [0.4, 0.5) is 0 Å². The highest BCUT2D eigenvalue weighted by Crippen LogP contribution is 2.61. The molecule has 0 saturated heterocycles. The molecule has 0 radical (unpaired) electrons. The van der Waals surface area contributed by atoms with Gasteiger partial charge in [-0.1, -0.05) is 40.5 Å². The second-order valence-electron chi connectivity index (χ2n) is 6.85. The van der Waals surface area contributed by atoms with E-state index < -0.39 is 0 Å². The minimum absolute atomic E-state index is 0.706. The molecular weight excluding hydrogens is 180 g/mol. The highest BCUT2D eigenvalue weighted by Gasteiger charge is 2.52. The summed E-state index contributed by atoms with van der Waals surface area (Å²) in [5.74, 6) is 4.05. The van der Waals surface area contributed by atoms with Gasteiger partial charge in [0.25, 0.3) is 0 Å². The minimum atomic E-state index is 0.706. The number of hydrogen-bond donors (Lipinski definition) is 0. The molecule has 0 amide bonds. The summed E-state index contributed by atoms with van der Waals surface area (Å²) in [4.78, 5) is 0. The molecule has 2 saturated carbocycles. The molecule has 0 aromatic rings. The first-order chi connectivity index (χ1) is 7.04. The Hall–Kier alpha value is 0. The largest absolute Gasteiger partial charge is 0.0628 e. The van der Waals surface area contributed by atoms with Crippen LogP contribution in [0.25, 0.3) is 0 Å². The maximum absolute atomic E-state index is 2.59. The quantitative estimate of drug-likeness (QED) is 0.617. The summed E-state index contributed by atoms with van der Waals surface area (Å²) in [6.07, 6.45) is 9.01. The van der Waals surface area contributed by atoms with Crippen LogP contribution in [0.2, 0.25) is 0 Å². The SMILES string of the molecule is CC(C)CCCC1(C)C2CCC(C2)C1C. The van der Waals surface area contributed by atoms with Gasteiger partial charge in [-0.05, 0) is 54.8 Å². The van der Waals surface area contributed by atoms with E-state index in [0.717, 1.165) is 23.7 Å². The Morgan fingerprint density at radius 1 is 1.27 bits per heavy atom. The molecule has 4 unspecified atom stereocenters. The van der Waals surface area contributed by atoms with Gasteiger partial charge in [0.15, 0.2) is 0 Å². The van der Waals surface area contributed by atoms with E-state index >= 15 is 0 Å². The maximum atomic E-state index is 2.59. The van der Waals surface area contributed by atoms with E-state index in [-0.39, 0.29) is 0 Å². The molecular formula is C15H28. The van der Waals surface area contributed by atoms with Crippen molar-refractivity contribution in [3.05, 3.63) is 0 Å². The molecule has 0 nitrogen and oxygen atoms in total. The standard InChI is InChI=1S/C15H28/c1-11(2)6-5-9-15(4)12(3)13-7-8-14(15)10-13/h11-14H,5-10H2,1-4H3. The molecule has 2 bridgehead atoms. The second kappa shape index (κ2) is 4.11. The lowest BCUT2D eigenvalue weighted by Gasteiger charge is -2.40. The molecule has 4 atom stereocenters. The first-order valence-electron chi connectivity index (χ1n) is 7.04. The molecule has 88 valence electrons. The highest BCUT2D eigenvalue weighted by molar-refractivity contribution is 5.01. The lowest BCUT2D eigenvalue weighted by molar-refractivity contribution is 0.0967. The van der Waals surface area contributed by atoms with Gasteiger partial charge in [0.05, 0.1) is 0 Å². The fourth-order valence-corrected chi connectivity index (χ4v) is 4.30. The van der Waals surface area contributed by atoms with E-state index in [0.29, 0.717) is 5.41 Å². The molecule has 2 rings (SSSR count). The number of fused-ring (bicyclic) bond motifs is 2. The summed E-state index contributed by atoms with van der Waals surface area (Å²) < 4.78 is 0. The molecule has 0 heterocycles. The predicted octanol–water partition coefficient (Wildman–Crippen LogP) is 4.89. The van der Waals surface area contributed by atoms with Crippen molar-refractivity contribution in [3.63, 3.8) is 0 Å². The molecule has 0 aromatic carbocycles. The Balaban J connectivity index is 1.89. The zero-order chi connectivity index (χ0) is 11.1. The van der Waals surface area contributed by atoms with Crippen LogP contribution >= 0.6 is 0 Å². The van der Waals surface area contributed by atoms with Crippen molar-refractivity contribution in [3.8, 4) is 0 Å². The summed E-state index contributed by atoms with van der Waals surface area (Å²) in [5.41, 5.74) is 0.706. The van der Waals surface area contributed by atoms with E-state index in [4.69, 9.17) is 0 Å². The van der Waals surface area contributed by atoms with Crippen LogP contribution in [0.1, 0.15) is 66.2 Å². The first kappa shape index (κ1) is 11.5. The van der Waals surface area contributed by atoms with Gasteiger partial charge in [-0.25, -0.2) is 0 Å². The van der Waals surface area contributed by atoms with Crippen LogP contribution in [0.5, 0.6) is 0 Å². The monoisotopic (exact) mass is 208 g/mol. The van der Waals surface area contributed by atoms with Crippen LogP contribution in [0.15, 0.2) is 0 Å². The maximum Gasteiger partial charge on any atom is -0.0269 e. The van der Waals surface area contributed by atoms with Gasteiger partial charge in [0.2, 0.25) is 0 Å². The Bertz CT molecular complexity index is 214. The van der Waals surface area contributed by atoms with Crippen molar-refractivity contribution in [1.82, 2.24) is 0 Å². The third-order valence-electron chi connectivity index (χ3n) is 5.65. The van der Waals surface area contributed by atoms with Gasteiger partial charge in [-0.15, -0.1) is 0 Å². The lowest BCUT2D eigenvalue weighted by Crippen LogP contribution is -2.31. The Morgan fingerprint density at radius 2 is 2.00 bits per heavy atom. The molecule has 0 N–H and O–H groups in total. The summed E-state index contributed by atoms with van der Waals surface area (Å²) >= 11 is 0. The van der Waals surface area contributed by atoms with Crippen LogP contribution in [-0.4, -0.2) is 0 Å². The molecule has 2 aliphatic carbocycles. The zero-order valence-corrected chi connectivity index (χ0v) is 11.1. The smallest absolute Gasteiger partial charge is 0.0269 e. The van der Waals surface area contributed by atoms with Crippen LogP contribution in [0, 0.1) is 29.1 Å². The molecule has 0 heteroatoms. The summed E-state index contributed by atoms with van der Waals surface area (Å²) in [5, 5.41) is 0. The third kappa shape index (κ3) is 1.97. The van der Waals surface area contributed by atoms with Gasteiger partial charge < -0.3 is 0 Å². The van der Waals surface area contributed by atoms with E-state index in [2.05, 4.69) is 27.7 Å². The second-order valence-corrected chi connectivity index (χ2v) is 6.85. The Morgan fingerprint density at radius 3 is 2.53 bits per heavy atom. The number of rotatable bonds is 4. The van der Waals surface area contributed by atoms with E-state index in [1.807, 2.05) is 0 Å². The van der Waals surface area contributed by atoms with Crippen molar-refractivity contribution in [2.24, 2.45) is 29.1 Å². The normalized spacial score (nSPS) is 44.2. The molecule has 0 aromatic heterocycles. The lowest BCUT2D eigenvalue weighted by atomic mass is 9.65. The van der Waals surface area contributed by atoms with Gasteiger partial charge in [0.1, 0.15) is 0 Å². The topological polar surface area (TPSA) is 0 Å². The van der Waals surface area contributed by atoms with Crippen molar-refractivity contribution in [2.75, 3.05) is 0 Å². The summed E-state index contributed by atoms with van der Waals surface area (Å²) in [6.45, 7) is 9.82. The molecule has 15 heavy (non-hydrogen) atoms.